The zero-order chi connectivity index (χ0) is 20.0. The third-order valence-corrected chi connectivity index (χ3v) is 4.03. The number of nitrogens with zero attached hydrogens (tertiary/aromatic N) is 5. The minimum Gasteiger partial charge on any atom is -0.475 e. The van der Waals surface area contributed by atoms with Crippen LogP contribution in [-0.4, -0.2) is 61.5 Å². The molecule has 1 fully saturated rings. The van der Waals surface area contributed by atoms with E-state index in [-0.39, 0.29) is 0 Å². The molecule has 0 bridgehead atoms. The van der Waals surface area contributed by atoms with E-state index in [1.54, 1.807) is 6.33 Å². The lowest BCUT2D eigenvalue weighted by Gasteiger charge is -2.30. The number of likely N-dealkylation sites (tertiary alicyclic amines) is 1. The van der Waals surface area contributed by atoms with Crippen molar-refractivity contribution >= 4 is 5.97 Å². The number of carboxylic acid groups (broad SMARTS) is 1. The van der Waals surface area contributed by atoms with Crippen molar-refractivity contribution in [3.8, 4) is 11.5 Å². The van der Waals surface area contributed by atoms with Crippen molar-refractivity contribution in [3.05, 3.63) is 18.4 Å². The molecule has 0 amide bonds. The van der Waals surface area contributed by atoms with E-state index in [0.29, 0.717) is 11.7 Å². The molecule has 1 aliphatic rings. The Labute approximate surface area is 154 Å². The standard InChI is InChI=1S/C14H21N5O.C2HF3O2/c1-11-4-3-6-19(8-11)7-5-13-16-14(17-20-13)12-9-18(2)10-15-12;3-2(4,5)1(6)7/h9-11H,3-8H2,1-2H3;(H,6,7). The van der Waals surface area contributed by atoms with Crippen molar-refractivity contribution in [2.24, 2.45) is 13.0 Å². The first-order chi connectivity index (χ1) is 12.6. The summed E-state index contributed by atoms with van der Waals surface area (Å²) in [5.74, 6) is -0.681. The summed E-state index contributed by atoms with van der Waals surface area (Å²) in [7, 11) is 1.93. The summed E-state index contributed by atoms with van der Waals surface area (Å²) >= 11 is 0. The Morgan fingerprint density at radius 2 is 2.15 bits per heavy atom. The predicted molar refractivity (Wildman–Crippen MR) is 88.7 cm³/mol. The maximum absolute atomic E-state index is 10.6. The monoisotopic (exact) mass is 389 g/mol. The highest BCUT2D eigenvalue weighted by Crippen LogP contribution is 2.17. The smallest absolute Gasteiger partial charge is 0.475 e. The van der Waals surface area contributed by atoms with Crippen LogP contribution in [-0.2, 0) is 18.3 Å². The molecule has 1 aliphatic heterocycles. The molecule has 3 rings (SSSR count). The van der Waals surface area contributed by atoms with Gasteiger partial charge in [-0.25, -0.2) is 9.78 Å². The van der Waals surface area contributed by atoms with Gasteiger partial charge in [0.05, 0.1) is 6.33 Å². The number of imidazole rings is 1. The maximum atomic E-state index is 10.6. The van der Waals surface area contributed by atoms with Crippen molar-refractivity contribution in [3.63, 3.8) is 0 Å². The number of rotatable bonds is 4. The van der Waals surface area contributed by atoms with Gasteiger partial charge in [-0.3, -0.25) is 0 Å². The molecule has 1 unspecified atom stereocenters. The molecule has 27 heavy (non-hydrogen) atoms. The van der Waals surface area contributed by atoms with Gasteiger partial charge in [-0.2, -0.15) is 18.2 Å². The minimum absolute atomic E-state index is 0.576. The number of carbonyl (C=O) groups is 1. The van der Waals surface area contributed by atoms with E-state index < -0.39 is 12.1 Å². The molecule has 3 heterocycles. The van der Waals surface area contributed by atoms with Crippen molar-refractivity contribution in [1.29, 1.82) is 0 Å². The first-order valence-electron chi connectivity index (χ1n) is 8.48. The van der Waals surface area contributed by atoms with E-state index in [2.05, 4.69) is 26.9 Å². The number of alkyl halides is 3. The van der Waals surface area contributed by atoms with Crippen LogP contribution in [0.1, 0.15) is 25.7 Å². The van der Waals surface area contributed by atoms with Gasteiger partial charge in [0.25, 0.3) is 0 Å². The van der Waals surface area contributed by atoms with E-state index in [9.17, 15) is 13.2 Å². The SMILES string of the molecule is CC1CCCN(CCc2nc(-c3cn(C)cn3)no2)C1.O=C(O)C(F)(F)F. The van der Waals surface area contributed by atoms with Gasteiger partial charge >= 0.3 is 12.1 Å². The summed E-state index contributed by atoms with van der Waals surface area (Å²) in [6.45, 7) is 5.68. The topological polar surface area (TPSA) is 97.3 Å². The Balaban J connectivity index is 0.000000321. The number of hydrogen-bond donors (Lipinski definition) is 1. The van der Waals surface area contributed by atoms with E-state index >= 15 is 0 Å². The van der Waals surface area contributed by atoms with E-state index in [0.717, 1.165) is 24.6 Å². The van der Waals surface area contributed by atoms with Crippen LogP contribution in [0.2, 0.25) is 0 Å². The van der Waals surface area contributed by atoms with Gasteiger partial charge in [0.2, 0.25) is 11.7 Å². The second-order valence-corrected chi connectivity index (χ2v) is 6.54. The van der Waals surface area contributed by atoms with Crippen LogP contribution in [0, 0.1) is 5.92 Å². The third-order valence-electron chi connectivity index (χ3n) is 4.03. The quantitative estimate of drug-likeness (QED) is 0.857. The number of hydrogen-bond acceptors (Lipinski definition) is 6. The molecule has 1 N–H and O–H groups in total. The lowest BCUT2D eigenvalue weighted by molar-refractivity contribution is -0.192. The van der Waals surface area contributed by atoms with Crippen LogP contribution < -0.4 is 0 Å². The summed E-state index contributed by atoms with van der Waals surface area (Å²) in [6, 6.07) is 0. The summed E-state index contributed by atoms with van der Waals surface area (Å²) in [4.78, 5) is 20.0. The molecule has 0 radical (unpaired) electrons. The lowest BCUT2D eigenvalue weighted by atomic mass is 10.0. The molecule has 0 aliphatic carbocycles. The van der Waals surface area contributed by atoms with Crippen LogP contribution in [0.25, 0.3) is 11.5 Å². The fraction of sp³-hybridized carbons (Fsp3) is 0.625. The number of carboxylic acids is 1. The molecule has 2 aromatic heterocycles. The van der Waals surface area contributed by atoms with Gasteiger partial charge in [0.15, 0.2) is 0 Å². The van der Waals surface area contributed by atoms with Crippen LogP contribution in [0.15, 0.2) is 17.0 Å². The van der Waals surface area contributed by atoms with Crippen LogP contribution in [0.5, 0.6) is 0 Å². The molecule has 1 atom stereocenters. The first kappa shape index (κ1) is 20.9. The van der Waals surface area contributed by atoms with Crippen molar-refractivity contribution in [1.82, 2.24) is 24.6 Å². The van der Waals surface area contributed by atoms with E-state index in [1.165, 1.54) is 25.9 Å². The van der Waals surface area contributed by atoms with E-state index in [1.807, 2.05) is 17.8 Å². The molecule has 150 valence electrons. The van der Waals surface area contributed by atoms with Gasteiger partial charge in [-0.05, 0) is 25.3 Å². The van der Waals surface area contributed by atoms with Gasteiger partial charge in [0, 0.05) is 32.8 Å². The number of piperidine rings is 1. The zero-order valence-electron chi connectivity index (χ0n) is 15.1. The fourth-order valence-electron chi connectivity index (χ4n) is 2.73. The number of aliphatic carboxylic acids is 1. The van der Waals surface area contributed by atoms with Crippen molar-refractivity contribution < 1.29 is 27.6 Å². The van der Waals surface area contributed by atoms with Gasteiger partial charge in [-0.1, -0.05) is 12.1 Å². The van der Waals surface area contributed by atoms with Crippen LogP contribution in [0.3, 0.4) is 0 Å². The summed E-state index contributed by atoms with van der Waals surface area (Å²) in [5, 5.41) is 11.1. The summed E-state index contributed by atoms with van der Waals surface area (Å²) in [6.07, 6.45) is 2.00. The minimum atomic E-state index is -5.08. The molecule has 0 saturated carbocycles. The Bertz CT molecular complexity index is 744. The fourth-order valence-corrected chi connectivity index (χ4v) is 2.73. The van der Waals surface area contributed by atoms with Crippen molar-refractivity contribution in [2.75, 3.05) is 19.6 Å². The van der Waals surface area contributed by atoms with Crippen molar-refractivity contribution in [2.45, 2.75) is 32.4 Å². The molecular formula is C16H22F3N5O3. The predicted octanol–water partition coefficient (Wildman–Crippen LogP) is 2.38. The molecule has 11 heteroatoms. The second kappa shape index (κ2) is 8.98. The Morgan fingerprint density at radius 3 is 2.70 bits per heavy atom. The second-order valence-electron chi connectivity index (χ2n) is 6.54. The highest BCUT2D eigenvalue weighted by molar-refractivity contribution is 5.73. The number of aryl methyl sites for hydroxylation is 1. The van der Waals surface area contributed by atoms with Gasteiger partial charge in [0.1, 0.15) is 5.69 Å². The lowest BCUT2D eigenvalue weighted by Crippen LogP contribution is -2.35. The summed E-state index contributed by atoms with van der Waals surface area (Å²) < 4.78 is 38.9. The Hall–Kier alpha value is -2.43. The maximum Gasteiger partial charge on any atom is 0.490 e. The largest absolute Gasteiger partial charge is 0.490 e. The van der Waals surface area contributed by atoms with Gasteiger partial charge in [-0.15, -0.1) is 0 Å². The molecule has 2 aromatic rings. The average molecular weight is 389 g/mol. The van der Waals surface area contributed by atoms with E-state index in [4.69, 9.17) is 14.4 Å². The molecule has 0 spiro atoms. The number of aromatic nitrogens is 4. The highest BCUT2D eigenvalue weighted by atomic mass is 19.4. The third kappa shape index (κ3) is 6.66. The Kier molecular flexibility index (Phi) is 6.94. The Morgan fingerprint density at radius 1 is 1.44 bits per heavy atom. The van der Waals surface area contributed by atoms with Crippen LogP contribution >= 0.6 is 0 Å². The first-order valence-corrected chi connectivity index (χ1v) is 8.48. The number of halogens is 3. The molecule has 8 nitrogen and oxygen atoms in total. The zero-order valence-corrected chi connectivity index (χ0v) is 15.1. The molecular weight excluding hydrogens is 367 g/mol. The average Bonchev–Trinajstić information content (AvgIpc) is 3.21. The summed E-state index contributed by atoms with van der Waals surface area (Å²) in [5.41, 5.74) is 0.758. The van der Waals surface area contributed by atoms with Crippen LogP contribution in [0.4, 0.5) is 13.2 Å². The molecule has 0 aromatic carbocycles. The highest BCUT2D eigenvalue weighted by Gasteiger charge is 2.38. The normalized spacial score (nSPS) is 18.0. The molecule has 1 saturated heterocycles. The van der Waals surface area contributed by atoms with Gasteiger partial charge < -0.3 is 19.1 Å².